The van der Waals surface area contributed by atoms with Crippen molar-refractivity contribution in [2.75, 3.05) is 33.4 Å². The molecular formula is C34H42N4O5. The van der Waals surface area contributed by atoms with Gasteiger partial charge >= 0.3 is 5.97 Å². The van der Waals surface area contributed by atoms with Crippen molar-refractivity contribution in [2.24, 2.45) is 0 Å². The first-order valence-corrected chi connectivity index (χ1v) is 15.1. The summed E-state index contributed by atoms with van der Waals surface area (Å²) in [6.07, 6.45) is 7.34. The molecule has 2 aliphatic rings. The summed E-state index contributed by atoms with van der Waals surface area (Å²) in [5.74, 6) is 0.394. The van der Waals surface area contributed by atoms with Gasteiger partial charge in [-0.1, -0.05) is 24.3 Å². The van der Waals surface area contributed by atoms with Crippen molar-refractivity contribution < 1.29 is 24.1 Å². The van der Waals surface area contributed by atoms with Gasteiger partial charge in [0.15, 0.2) is 5.82 Å². The van der Waals surface area contributed by atoms with Crippen molar-refractivity contribution in [3.63, 3.8) is 0 Å². The Hall–Kier alpha value is -3.95. The second-order valence-electron chi connectivity index (χ2n) is 11.3. The number of fused-ring (bicyclic) bond motifs is 1. The molecule has 1 N–H and O–H groups in total. The number of hydrogen-bond acceptors (Lipinski definition) is 7. The molecular weight excluding hydrogens is 544 g/mol. The Balaban J connectivity index is 1.37. The quantitative estimate of drug-likeness (QED) is 0.302. The number of aromatic nitrogens is 3. The Bertz CT molecular complexity index is 1540. The number of carboxylic acid groups (broad SMARTS) is 1. The molecule has 0 radical (unpaired) electrons. The maximum atomic E-state index is 11.7. The average molecular weight is 587 g/mol. The summed E-state index contributed by atoms with van der Waals surface area (Å²) in [6, 6.07) is 10.5. The number of allylic oxidation sites excluding steroid dienone is 3. The van der Waals surface area contributed by atoms with Gasteiger partial charge < -0.3 is 19.3 Å². The molecule has 1 atom stereocenters. The fraction of sp³-hybridized carbons (Fsp3) is 0.441. The standard InChI is InChI=1S/C34H42N4O5/c1-6-42-33-29(34(39)40)19-35-38(33)31-12-8-11-30(36-31)28-10-7-9-22(2)32(28)43-21-26-14-13-25-15-17-37(23(3)20-41-5)18-16-27(25)24(26)4/h8,10-14,19,23H,6-7,9,15-18,20-21H2,1-5H3,(H,39,40). The highest BCUT2D eigenvalue weighted by molar-refractivity contribution is 5.90. The van der Waals surface area contributed by atoms with E-state index in [-0.39, 0.29) is 11.4 Å². The number of rotatable bonds is 11. The molecule has 1 unspecified atom stereocenters. The molecule has 0 fully saturated rings. The van der Waals surface area contributed by atoms with Gasteiger partial charge in [0.05, 0.1) is 25.1 Å². The lowest BCUT2D eigenvalue weighted by Crippen LogP contribution is -2.38. The maximum absolute atomic E-state index is 11.7. The molecule has 0 bridgehead atoms. The fourth-order valence-electron chi connectivity index (χ4n) is 6.07. The largest absolute Gasteiger partial charge is 0.488 e. The fourth-order valence-corrected chi connectivity index (χ4v) is 6.07. The van der Waals surface area contributed by atoms with E-state index in [1.165, 1.54) is 38.7 Å². The summed E-state index contributed by atoms with van der Waals surface area (Å²) in [6.45, 7) is 12.0. The van der Waals surface area contributed by atoms with Gasteiger partial charge in [-0.3, -0.25) is 4.90 Å². The zero-order valence-electron chi connectivity index (χ0n) is 25.9. The summed E-state index contributed by atoms with van der Waals surface area (Å²) in [7, 11) is 1.77. The molecule has 228 valence electrons. The van der Waals surface area contributed by atoms with E-state index in [2.05, 4.69) is 49.0 Å². The minimum atomic E-state index is -1.10. The monoisotopic (exact) mass is 586 g/mol. The number of carbonyl (C=O) groups is 1. The van der Waals surface area contributed by atoms with Crippen LogP contribution < -0.4 is 4.74 Å². The van der Waals surface area contributed by atoms with E-state index in [1.54, 1.807) is 20.1 Å². The molecule has 0 amide bonds. The van der Waals surface area contributed by atoms with E-state index in [1.807, 2.05) is 12.1 Å². The number of hydrogen-bond donors (Lipinski definition) is 1. The van der Waals surface area contributed by atoms with Crippen LogP contribution in [0, 0.1) is 6.92 Å². The van der Waals surface area contributed by atoms with Gasteiger partial charge in [0.1, 0.15) is 17.9 Å². The van der Waals surface area contributed by atoms with Crippen LogP contribution in [0.4, 0.5) is 0 Å². The van der Waals surface area contributed by atoms with Crippen LogP contribution >= 0.6 is 0 Å². The first kappa shape index (κ1) is 30.5. The summed E-state index contributed by atoms with van der Waals surface area (Å²) in [4.78, 5) is 19.1. The lowest BCUT2D eigenvalue weighted by Gasteiger charge is -2.26. The highest BCUT2D eigenvalue weighted by Gasteiger charge is 2.24. The zero-order chi connectivity index (χ0) is 30.5. The molecule has 1 aliphatic heterocycles. The van der Waals surface area contributed by atoms with Crippen LogP contribution in [0.25, 0.3) is 11.4 Å². The Morgan fingerprint density at radius 3 is 2.67 bits per heavy atom. The highest BCUT2D eigenvalue weighted by Crippen LogP contribution is 2.34. The second-order valence-corrected chi connectivity index (χ2v) is 11.3. The highest BCUT2D eigenvalue weighted by atomic mass is 16.5. The number of nitrogens with zero attached hydrogens (tertiary/aromatic N) is 4. The Morgan fingerprint density at radius 2 is 1.91 bits per heavy atom. The van der Waals surface area contributed by atoms with Crippen LogP contribution in [0.1, 0.15) is 71.9 Å². The lowest BCUT2D eigenvalue weighted by molar-refractivity contribution is 0.0692. The van der Waals surface area contributed by atoms with E-state index in [4.69, 9.17) is 19.2 Å². The number of carboxylic acids is 1. The molecule has 5 rings (SSSR count). The van der Waals surface area contributed by atoms with E-state index >= 15 is 0 Å². The second kappa shape index (κ2) is 13.6. The predicted molar refractivity (Wildman–Crippen MR) is 166 cm³/mol. The van der Waals surface area contributed by atoms with E-state index < -0.39 is 5.97 Å². The average Bonchev–Trinajstić information content (AvgIpc) is 3.29. The van der Waals surface area contributed by atoms with Gasteiger partial charge in [-0.05, 0) is 93.3 Å². The molecule has 0 spiro atoms. The van der Waals surface area contributed by atoms with Gasteiger partial charge in [0, 0.05) is 31.8 Å². The van der Waals surface area contributed by atoms with Crippen LogP contribution in [0.5, 0.6) is 5.88 Å². The van der Waals surface area contributed by atoms with Crippen molar-refractivity contribution in [3.8, 4) is 11.7 Å². The molecule has 2 aromatic heterocycles. The number of methoxy groups -OCH3 is 1. The van der Waals surface area contributed by atoms with Gasteiger partial charge in [-0.25, -0.2) is 9.78 Å². The number of pyridine rings is 1. The summed E-state index contributed by atoms with van der Waals surface area (Å²) >= 11 is 0. The SMILES string of the molecule is CCOc1c(C(=O)O)cnn1-c1cccc(C2=CCCC(C)=C2OCc2ccc3c(c2C)CCN(C(C)COC)CC3)n1. The first-order chi connectivity index (χ1) is 20.8. The number of aromatic carboxylic acids is 1. The van der Waals surface area contributed by atoms with Crippen molar-refractivity contribution in [2.45, 2.75) is 66.0 Å². The van der Waals surface area contributed by atoms with Crippen molar-refractivity contribution >= 4 is 11.5 Å². The van der Waals surface area contributed by atoms with Gasteiger partial charge in [0.25, 0.3) is 0 Å². The van der Waals surface area contributed by atoms with Crippen LogP contribution in [0.3, 0.4) is 0 Å². The Labute approximate surface area is 253 Å². The first-order valence-electron chi connectivity index (χ1n) is 15.1. The summed E-state index contributed by atoms with van der Waals surface area (Å²) in [5.41, 5.74) is 8.24. The van der Waals surface area contributed by atoms with Crippen LogP contribution in [-0.4, -0.2) is 70.2 Å². The number of ether oxygens (including phenoxy) is 3. The van der Waals surface area contributed by atoms with Crippen molar-refractivity contribution in [1.82, 2.24) is 19.7 Å². The van der Waals surface area contributed by atoms with E-state index in [9.17, 15) is 9.90 Å². The number of benzene rings is 1. The molecule has 9 nitrogen and oxygen atoms in total. The molecule has 9 heteroatoms. The molecule has 1 aliphatic carbocycles. The van der Waals surface area contributed by atoms with E-state index in [0.717, 1.165) is 62.4 Å². The van der Waals surface area contributed by atoms with Gasteiger partial charge in [-0.2, -0.15) is 9.78 Å². The molecule has 3 aromatic rings. The minimum absolute atomic E-state index is 0.000911. The van der Waals surface area contributed by atoms with Crippen LogP contribution in [0.15, 0.2) is 53.9 Å². The van der Waals surface area contributed by atoms with Crippen molar-refractivity contribution in [3.05, 3.63) is 87.4 Å². The zero-order valence-corrected chi connectivity index (χ0v) is 25.9. The normalized spacial score (nSPS) is 16.3. The summed E-state index contributed by atoms with van der Waals surface area (Å²) in [5, 5.41) is 13.9. The third-order valence-electron chi connectivity index (χ3n) is 8.49. The smallest absolute Gasteiger partial charge is 0.342 e. The molecule has 3 heterocycles. The van der Waals surface area contributed by atoms with E-state index in [0.29, 0.717) is 25.1 Å². The van der Waals surface area contributed by atoms with Crippen molar-refractivity contribution in [1.29, 1.82) is 0 Å². The summed E-state index contributed by atoms with van der Waals surface area (Å²) < 4.78 is 19.1. The third kappa shape index (κ3) is 6.53. The molecule has 43 heavy (non-hydrogen) atoms. The minimum Gasteiger partial charge on any atom is -0.488 e. The topological polar surface area (TPSA) is 98.9 Å². The maximum Gasteiger partial charge on any atom is 0.342 e. The lowest BCUT2D eigenvalue weighted by atomic mass is 9.93. The molecule has 0 saturated carbocycles. The molecule has 1 aromatic carbocycles. The van der Waals surface area contributed by atoms with Crippen LogP contribution in [0.2, 0.25) is 0 Å². The van der Waals surface area contributed by atoms with Gasteiger partial charge in [0.2, 0.25) is 5.88 Å². The Morgan fingerprint density at radius 1 is 1.09 bits per heavy atom. The third-order valence-corrected chi connectivity index (χ3v) is 8.49. The predicted octanol–water partition coefficient (Wildman–Crippen LogP) is 5.78. The van der Waals surface area contributed by atoms with Gasteiger partial charge in [-0.15, -0.1) is 0 Å². The Kier molecular flexibility index (Phi) is 9.62. The van der Waals surface area contributed by atoms with Crippen LogP contribution in [-0.2, 0) is 28.9 Å². The molecule has 0 saturated heterocycles.